The normalized spacial score (nSPS) is 11.0. The molecule has 0 fully saturated rings. The van der Waals surface area contributed by atoms with Crippen molar-refractivity contribution in [3.05, 3.63) is 81.8 Å². The maximum atomic E-state index is 12.8. The molecule has 0 saturated carbocycles. The molecular formula is C20H16ClN3OS. The highest BCUT2D eigenvalue weighted by molar-refractivity contribution is 7.21. The van der Waals surface area contributed by atoms with Crippen LogP contribution in [0.25, 0.3) is 10.1 Å². The molecule has 0 saturated heterocycles. The van der Waals surface area contributed by atoms with Gasteiger partial charge in [0.05, 0.1) is 17.3 Å². The standard InChI is InChI=1S/C20H16ClN3OS/c1-13-11-17(24(23-13)12-14-7-3-2-4-8-14)22-20(25)19-18(21)15-9-5-6-10-16(15)26-19/h2-11H,12H2,1H3,(H,22,25). The minimum Gasteiger partial charge on any atom is -0.306 e. The van der Waals surface area contributed by atoms with Gasteiger partial charge in [0, 0.05) is 16.2 Å². The SMILES string of the molecule is Cc1cc(NC(=O)c2sc3ccccc3c2Cl)n(Cc2ccccc2)n1. The Bertz CT molecular complexity index is 1090. The Morgan fingerprint density at radius 1 is 1.15 bits per heavy atom. The van der Waals surface area contributed by atoms with Gasteiger partial charge in [0.25, 0.3) is 5.91 Å². The Labute approximate surface area is 160 Å². The number of benzene rings is 2. The molecule has 4 aromatic rings. The molecule has 0 radical (unpaired) electrons. The monoisotopic (exact) mass is 381 g/mol. The summed E-state index contributed by atoms with van der Waals surface area (Å²) in [7, 11) is 0. The highest BCUT2D eigenvalue weighted by Gasteiger charge is 2.18. The Hall–Kier alpha value is -2.63. The fraction of sp³-hybridized carbons (Fsp3) is 0.100. The molecule has 0 aliphatic heterocycles. The average molecular weight is 382 g/mol. The van der Waals surface area contributed by atoms with Gasteiger partial charge in [-0.05, 0) is 18.6 Å². The molecule has 1 amide bonds. The Morgan fingerprint density at radius 2 is 1.88 bits per heavy atom. The lowest BCUT2D eigenvalue weighted by Gasteiger charge is -2.08. The van der Waals surface area contributed by atoms with Gasteiger partial charge in [0.15, 0.2) is 0 Å². The molecule has 4 nitrogen and oxygen atoms in total. The molecule has 2 aromatic heterocycles. The minimum atomic E-state index is -0.217. The second kappa shape index (κ2) is 6.94. The summed E-state index contributed by atoms with van der Waals surface area (Å²) in [5.41, 5.74) is 1.96. The Morgan fingerprint density at radius 3 is 2.65 bits per heavy atom. The quantitative estimate of drug-likeness (QED) is 0.517. The molecule has 0 spiro atoms. The molecule has 130 valence electrons. The van der Waals surface area contributed by atoms with Crippen LogP contribution in [0.4, 0.5) is 5.82 Å². The topological polar surface area (TPSA) is 46.9 Å². The van der Waals surface area contributed by atoms with E-state index in [-0.39, 0.29) is 5.91 Å². The van der Waals surface area contributed by atoms with Crippen LogP contribution in [0.3, 0.4) is 0 Å². The molecule has 0 atom stereocenters. The van der Waals surface area contributed by atoms with Gasteiger partial charge in [-0.3, -0.25) is 4.79 Å². The summed E-state index contributed by atoms with van der Waals surface area (Å²) >= 11 is 7.81. The van der Waals surface area contributed by atoms with Crippen molar-refractivity contribution < 1.29 is 4.79 Å². The summed E-state index contributed by atoms with van der Waals surface area (Å²) in [5, 5.41) is 8.84. The lowest BCUT2D eigenvalue weighted by atomic mass is 10.2. The van der Waals surface area contributed by atoms with E-state index in [9.17, 15) is 4.79 Å². The van der Waals surface area contributed by atoms with E-state index in [2.05, 4.69) is 10.4 Å². The molecule has 2 heterocycles. The van der Waals surface area contributed by atoms with Crippen LogP contribution in [-0.4, -0.2) is 15.7 Å². The number of rotatable bonds is 4. The average Bonchev–Trinajstić information content (AvgIpc) is 3.16. The van der Waals surface area contributed by atoms with Crippen molar-refractivity contribution >= 4 is 44.7 Å². The van der Waals surface area contributed by atoms with E-state index in [4.69, 9.17) is 11.6 Å². The van der Waals surface area contributed by atoms with Gasteiger partial charge in [-0.15, -0.1) is 11.3 Å². The second-order valence-electron chi connectivity index (χ2n) is 6.01. The van der Waals surface area contributed by atoms with Gasteiger partial charge in [-0.2, -0.15) is 5.10 Å². The van der Waals surface area contributed by atoms with E-state index >= 15 is 0 Å². The van der Waals surface area contributed by atoms with E-state index in [1.165, 1.54) is 11.3 Å². The number of nitrogens with one attached hydrogen (secondary N) is 1. The molecule has 0 aliphatic carbocycles. The first-order chi connectivity index (χ1) is 12.6. The summed E-state index contributed by atoms with van der Waals surface area (Å²) in [6, 6.07) is 19.6. The molecule has 0 aliphatic rings. The molecular weight excluding hydrogens is 366 g/mol. The highest BCUT2D eigenvalue weighted by Crippen LogP contribution is 2.35. The lowest BCUT2D eigenvalue weighted by Crippen LogP contribution is -2.15. The number of amides is 1. The van der Waals surface area contributed by atoms with Crippen LogP contribution in [0, 0.1) is 6.92 Å². The van der Waals surface area contributed by atoms with Crippen LogP contribution < -0.4 is 5.32 Å². The third-order valence-electron chi connectivity index (χ3n) is 4.06. The molecule has 26 heavy (non-hydrogen) atoms. The summed E-state index contributed by atoms with van der Waals surface area (Å²) in [6.45, 7) is 2.49. The lowest BCUT2D eigenvalue weighted by molar-refractivity contribution is 0.102. The zero-order chi connectivity index (χ0) is 18.1. The number of aromatic nitrogens is 2. The predicted molar refractivity (Wildman–Crippen MR) is 107 cm³/mol. The van der Waals surface area contributed by atoms with E-state index in [1.54, 1.807) is 4.68 Å². The van der Waals surface area contributed by atoms with Crippen molar-refractivity contribution in [3.63, 3.8) is 0 Å². The number of carbonyl (C=O) groups excluding carboxylic acids is 1. The van der Waals surface area contributed by atoms with Crippen LogP contribution in [-0.2, 0) is 6.54 Å². The molecule has 1 N–H and O–H groups in total. The highest BCUT2D eigenvalue weighted by atomic mass is 35.5. The summed E-state index contributed by atoms with van der Waals surface area (Å²) in [4.78, 5) is 13.3. The van der Waals surface area contributed by atoms with E-state index in [0.717, 1.165) is 21.3 Å². The maximum Gasteiger partial charge on any atom is 0.268 e. The van der Waals surface area contributed by atoms with Crippen LogP contribution in [0.1, 0.15) is 20.9 Å². The zero-order valence-electron chi connectivity index (χ0n) is 14.1. The maximum absolute atomic E-state index is 12.8. The van der Waals surface area contributed by atoms with Gasteiger partial charge in [0.2, 0.25) is 0 Å². The first-order valence-corrected chi connectivity index (χ1v) is 9.38. The number of anilines is 1. The summed E-state index contributed by atoms with van der Waals surface area (Å²) in [5.74, 6) is 0.440. The van der Waals surface area contributed by atoms with Gasteiger partial charge in [0.1, 0.15) is 10.7 Å². The summed E-state index contributed by atoms with van der Waals surface area (Å²) < 4.78 is 2.79. The molecule has 0 unspecified atom stereocenters. The third kappa shape index (κ3) is 3.23. The minimum absolute atomic E-state index is 0.217. The smallest absolute Gasteiger partial charge is 0.268 e. The Balaban J connectivity index is 1.62. The largest absolute Gasteiger partial charge is 0.306 e. The van der Waals surface area contributed by atoms with Gasteiger partial charge >= 0.3 is 0 Å². The van der Waals surface area contributed by atoms with Gasteiger partial charge in [-0.1, -0.05) is 60.1 Å². The van der Waals surface area contributed by atoms with Crippen LogP contribution in [0.2, 0.25) is 5.02 Å². The fourth-order valence-electron chi connectivity index (χ4n) is 2.86. The first kappa shape index (κ1) is 16.8. The molecule has 4 rings (SSSR count). The van der Waals surface area contributed by atoms with Crippen molar-refractivity contribution in [2.45, 2.75) is 13.5 Å². The van der Waals surface area contributed by atoms with Crippen molar-refractivity contribution in [2.24, 2.45) is 0 Å². The zero-order valence-corrected chi connectivity index (χ0v) is 15.6. The molecule has 6 heteroatoms. The van der Waals surface area contributed by atoms with E-state index < -0.39 is 0 Å². The van der Waals surface area contributed by atoms with Crippen LogP contribution in [0.5, 0.6) is 0 Å². The summed E-state index contributed by atoms with van der Waals surface area (Å²) in [6.07, 6.45) is 0. The van der Waals surface area contributed by atoms with Crippen LogP contribution in [0.15, 0.2) is 60.7 Å². The van der Waals surface area contributed by atoms with Crippen molar-refractivity contribution in [2.75, 3.05) is 5.32 Å². The predicted octanol–water partition coefficient (Wildman–Crippen LogP) is 5.36. The van der Waals surface area contributed by atoms with Gasteiger partial charge < -0.3 is 5.32 Å². The fourth-order valence-corrected chi connectivity index (χ4v) is 4.27. The number of thiophene rings is 1. The van der Waals surface area contributed by atoms with Crippen LogP contribution >= 0.6 is 22.9 Å². The van der Waals surface area contributed by atoms with E-state index in [0.29, 0.717) is 22.3 Å². The number of nitrogens with zero attached hydrogens (tertiary/aromatic N) is 2. The third-order valence-corrected chi connectivity index (χ3v) is 5.73. The van der Waals surface area contributed by atoms with Crippen molar-refractivity contribution in [1.82, 2.24) is 9.78 Å². The van der Waals surface area contributed by atoms with Gasteiger partial charge in [-0.25, -0.2) is 4.68 Å². The number of hydrogen-bond acceptors (Lipinski definition) is 3. The number of aryl methyl sites for hydroxylation is 1. The molecule has 2 aromatic carbocycles. The molecule has 0 bridgehead atoms. The second-order valence-corrected chi connectivity index (χ2v) is 7.44. The number of carbonyl (C=O) groups is 1. The van der Waals surface area contributed by atoms with E-state index in [1.807, 2.05) is 67.6 Å². The first-order valence-electron chi connectivity index (χ1n) is 8.18. The van der Waals surface area contributed by atoms with Crippen molar-refractivity contribution in [3.8, 4) is 0 Å². The Kier molecular flexibility index (Phi) is 4.49. The number of halogens is 1. The van der Waals surface area contributed by atoms with Crippen molar-refractivity contribution in [1.29, 1.82) is 0 Å². The number of fused-ring (bicyclic) bond motifs is 1. The number of hydrogen-bond donors (Lipinski definition) is 1.